The molecule has 1 aromatic rings. The van der Waals surface area contributed by atoms with E-state index < -0.39 is 12.8 Å². The number of rotatable bonds is 3. The summed E-state index contributed by atoms with van der Waals surface area (Å²) >= 11 is 5.92. The minimum Gasteiger partial charge on any atom is -0.483 e. The summed E-state index contributed by atoms with van der Waals surface area (Å²) in [7, 11) is 0. The molecule has 1 saturated heterocycles. The SMILES string of the molecule is FC(F)(F)COc1ccc(N2CCCC2)cc1Cl. The molecule has 0 amide bonds. The highest BCUT2D eigenvalue weighted by Crippen LogP contribution is 2.31. The van der Waals surface area contributed by atoms with Gasteiger partial charge in [-0.1, -0.05) is 11.6 Å². The lowest BCUT2D eigenvalue weighted by Gasteiger charge is -2.19. The van der Waals surface area contributed by atoms with Crippen molar-refractivity contribution in [3.63, 3.8) is 0 Å². The van der Waals surface area contributed by atoms with Gasteiger partial charge >= 0.3 is 6.18 Å². The summed E-state index contributed by atoms with van der Waals surface area (Å²) in [6, 6.07) is 4.88. The van der Waals surface area contributed by atoms with Crippen LogP contribution in [0.1, 0.15) is 12.8 Å². The Bertz CT molecular complexity index is 416. The van der Waals surface area contributed by atoms with Crippen LogP contribution >= 0.6 is 11.6 Å². The predicted octanol–water partition coefficient (Wildman–Crippen LogP) is 3.88. The molecule has 0 N–H and O–H groups in total. The third-order valence-electron chi connectivity index (χ3n) is 2.78. The Morgan fingerprint density at radius 1 is 1.22 bits per heavy atom. The van der Waals surface area contributed by atoms with Gasteiger partial charge < -0.3 is 9.64 Å². The van der Waals surface area contributed by atoms with Crippen molar-refractivity contribution in [2.24, 2.45) is 0 Å². The maximum Gasteiger partial charge on any atom is 0.422 e. The molecule has 0 atom stereocenters. The van der Waals surface area contributed by atoms with Crippen molar-refractivity contribution < 1.29 is 17.9 Å². The van der Waals surface area contributed by atoms with Crippen molar-refractivity contribution in [1.82, 2.24) is 0 Å². The Morgan fingerprint density at radius 3 is 2.44 bits per heavy atom. The first-order valence-electron chi connectivity index (χ1n) is 5.70. The van der Waals surface area contributed by atoms with Gasteiger partial charge in [-0.05, 0) is 31.0 Å². The molecule has 18 heavy (non-hydrogen) atoms. The van der Waals surface area contributed by atoms with Gasteiger partial charge in [0.05, 0.1) is 5.02 Å². The third kappa shape index (κ3) is 3.45. The van der Waals surface area contributed by atoms with E-state index in [-0.39, 0.29) is 10.8 Å². The summed E-state index contributed by atoms with van der Waals surface area (Å²) in [6.45, 7) is 0.591. The number of ether oxygens (including phenoxy) is 1. The molecule has 1 fully saturated rings. The number of nitrogens with zero attached hydrogens (tertiary/aromatic N) is 1. The second-order valence-electron chi connectivity index (χ2n) is 4.21. The predicted molar refractivity (Wildman–Crippen MR) is 64.4 cm³/mol. The maximum atomic E-state index is 12.0. The van der Waals surface area contributed by atoms with Gasteiger partial charge in [-0.15, -0.1) is 0 Å². The van der Waals surface area contributed by atoms with Gasteiger partial charge in [0.15, 0.2) is 6.61 Å². The molecule has 0 radical (unpaired) electrons. The van der Waals surface area contributed by atoms with Crippen molar-refractivity contribution in [3.8, 4) is 5.75 Å². The van der Waals surface area contributed by atoms with E-state index in [0.29, 0.717) is 0 Å². The van der Waals surface area contributed by atoms with Gasteiger partial charge in [0.1, 0.15) is 5.75 Å². The van der Waals surface area contributed by atoms with E-state index in [4.69, 9.17) is 11.6 Å². The quantitative estimate of drug-likeness (QED) is 0.832. The molecule has 1 heterocycles. The molecule has 0 unspecified atom stereocenters. The van der Waals surface area contributed by atoms with Crippen LogP contribution in [0.15, 0.2) is 18.2 Å². The summed E-state index contributed by atoms with van der Waals surface area (Å²) in [5, 5.41) is 0.212. The van der Waals surface area contributed by atoms with Gasteiger partial charge in [-0.3, -0.25) is 0 Å². The first-order valence-corrected chi connectivity index (χ1v) is 6.07. The van der Waals surface area contributed by atoms with Gasteiger partial charge in [-0.25, -0.2) is 0 Å². The largest absolute Gasteiger partial charge is 0.483 e. The summed E-state index contributed by atoms with van der Waals surface area (Å²) < 4.78 is 40.7. The fourth-order valence-corrected chi connectivity index (χ4v) is 2.17. The number of hydrogen-bond donors (Lipinski definition) is 0. The molecule has 1 aliphatic heterocycles. The minimum atomic E-state index is -4.35. The molecule has 0 spiro atoms. The molecule has 0 aromatic heterocycles. The lowest BCUT2D eigenvalue weighted by Crippen LogP contribution is -2.20. The first-order chi connectivity index (χ1) is 8.46. The lowest BCUT2D eigenvalue weighted by molar-refractivity contribution is -0.153. The van der Waals surface area contributed by atoms with Crippen LogP contribution in [-0.2, 0) is 0 Å². The smallest absolute Gasteiger partial charge is 0.422 e. The number of anilines is 1. The summed E-state index contributed by atoms with van der Waals surface area (Å²) in [6.07, 6.45) is -2.09. The van der Waals surface area contributed by atoms with Crippen LogP contribution in [0.25, 0.3) is 0 Å². The average molecular weight is 280 g/mol. The van der Waals surface area contributed by atoms with Crippen molar-refractivity contribution in [2.45, 2.75) is 19.0 Å². The molecule has 0 bridgehead atoms. The monoisotopic (exact) mass is 279 g/mol. The summed E-state index contributed by atoms with van der Waals surface area (Å²) in [4.78, 5) is 2.15. The zero-order chi connectivity index (χ0) is 13.2. The van der Waals surface area contributed by atoms with Crippen molar-refractivity contribution >= 4 is 17.3 Å². The van der Waals surface area contributed by atoms with Gasteiger partial charge in [0.25, 0.3) is 0 Å². The number of alkyl halides is 3. The van der Waals surface area contributed by atoms with Crippen LogP contribution < -0.4 is 9.64 Å². The second kappa shape index (κ2) is 5.26. The standard InChI is InChI=1S/C12H13ClF3NO/c13-10-7-9(17-5-1-2-6-17)3-4-11(10)18-8-12(14,15)16/h3-4,7H,1-2,5-6,8H2. The molecule has 1 aromatic carbocycles. The van der Waals surface area contributed by atoms with E-state index in [1.54, 1.807) is 12.1 Å². The molecular weight excluding hydrogens is 267 g/mol. The maximum absolute atomic E-state index is 12.0. The second-order valence-corrected chi connectivity index (χ2v) is 4.62. The number of hydrogen-bond acceptors (Lipinski definition) is 2. The van der Waals surface area contributed by atoms with Crippen LogP contribution in [0.4, 0.5) is 18.9 Å². The fourth-order valence-electron chi connectivity index (χ4n) is 1.94. The van der Waals surface area contributed by atoms with E-state index in [1.807, 2.05) is 0 Å². The Kier molecular flexibility index (Phi) is 3.90. The van der Waals surface area contributed by atoms with Crippen molar-refractivity contribution in [3.05, 3.63) is 23.2 Å². The Hall–Kier alpha value is -1.10. The first kappa shape index (κ1) is 13.3. The van der Waals surface area contributed by atoms with Crippen LogP contribution in [0.2, 0.25) is 5.02 Å². The van der Waals surface area contributed by atoms with Crippen LogP contribution in [0.5, 0.6) is 5.75 Å². The number of benzene rings is 1. The zero-order valence-electron chi connectivity index (χ0n) is 9.63. The van der Waals surface area contributed by atoms with Gasteiger partial charge in [0, 0.05) is 18.8 Å². The van der Waals surface area contributed by atoms with Crippen LogP contribution in [0, 0.1) is 0 Å². The van der Waals surface area contributed by atoms with E-state index in [0.717, 1.165) is 31.6 Å². The molecule has 100 valence electrons. The Labute approximate surface area is 108 Å². The van der Waals surface area contributed by atoms with Crippen molar-refractivity contribution in [2.75, 3.05) is 24.6 Å². The number of halogens is 4. The van der Waals surface area contributed by atoms with Crippen molar-refractivity contribution in [1.29, 1.82) is 0 Å². The summed E-state index contributed by atoms with van der Waals surface area (Å²) in [5.41, 5.74) is 0.928. The minimum absolute atomic E-state index is 0.0666. The highest BCUT2D eigenvalue weighted by Gasteiger charge is 2.28. The van der Waals surface area contributed by atoms with E-state index in [2.05, 4.69) is 9.64 Å². The molecule has 2 nitrogen and oxygen atoms in total. The Balaban J connectivity index is 2.05. The molecule has 1 aliphatic rings. The molecule has 0 aliphatic carbocycles. The zero-order valence-corrected chi connectivity index (χ0v) is 10.4. The molecule has 2 rings (SSSR count). The van der Waals surface area contributed by atoms with Gasteiger partial charge in [0.2, 0.25) is 0 Å². The van der Waals surface area contributed by atoms with Gasteiger partial charge in [-0.2, -0.15) is 13.2 Å². The molecular formula is C12H13ClF3NO. The average Bonchev–Trinajstić information content (AvgIpc) is 2.79. The molecule has 6 heteroatoms. The van der Waals surface area contributed by atoms with E-state index >= 15 is 0 Å². The topological polar surface area (TPSA) is 12.5 Å². The van der Waals surface area contributed by atoms with Crippen LogP contribution in [0.3, 0.4) is 0 Å². The normalized spacial score (nSPS) is 16.1. The van der Waals surface area contributed by atoms with E-state index in [1.165, 1.54) is 6.07 Å². The molecule has 0 saturated carbocycles. The third-order valence-corrected chi connectivity index (χ3v) is 3.07. The fraction of sp³-hybridized carbons (Fsp3) is 0.500. The highest BCUT2D eigenvalue weighted by atomic mass is 35.5. The highest BCUT2D eigenvalue weighted by molar-refractivity contribution is 6.32. The Morgan fingerprint density at radius 2 is 1.89 bits per heavy atom. The lowest BCUT2D eigenvalue weighted by atomic mass is 10.3. The van der Waals surface area contributed by atoms with E-state index in [9.17, 15) is 13.2 Å². The summed E-state index contributed by atoms with van der Waals surface area (Å²) in [5.74, 6) is 0.0666. The van der Waals surface area contributed by atoms with Crippen LogP contribution in [-0.4, -0.2) is 25.9 Å².